The average molecular weight is 243 g/mol. The zero-order chi connectivity index (χ0) is 12.4. The molecule has 1 nitrogen and oxygen atoms in total. The molecule has 1 aromatic carbocycles. The van der Waals surface area contributed by atoms with Gasteiger partial charge < -0.3 is 5.32 Å². The summed E-state index contributed by atoms with van der Waals surface area (Å²) in [6.07, 6.45) is 1.80. The van der Waals surface area contributed by atoms with Gasteiger partial charge in [0.2, 0.25) is 0 Å². The van der Waals surface area contributed by atoms with Crippen molar-refractivity contribution in [2.75, 3.05) is 13.1 Å². The average Bonchev–Trinajstić information content (AvgIpc) is 2.28. The summed E-state index contributed by atoms with van der Waals surface area (Å²) in [6, 6.07) is 1.52. The molecule has 2 rings (SSSR count). The van der Waals surface area contributed by atoms with Crippen molar-refractivity contribution in [1.29, 1.82) is 0 Å². The third-order valence-corrected chi connectivity index (χ3v) is 3.59. The second-order valence-corrected chi connectivity index (χ2v) is 4.66. The zero-order valence-electron chi connectivity index (χ0n) is 9.77. The van der Waals surface area contributed by atoms with Crippen LogP contribution < -0.4 is 5.32 Å². The number of rotatable bonds is 2. The molecule has 1 aliphatic heterocycles. The van der Waals surface area contributed by atoms with E-state index in [-0.39, 0.29) is 17.4 Å². The number of halogens is 3. The van der Waals surface area contributed by atoms with Crippen LogP contribution in [0.25, 0.3) is 0 Å². The lowest BCUT2D eigenvalue weighted by atomic mass is 9.81. The molecule has 17 heavy (non-hydrogen) atoms. The molecule has 4 heteroatoms. The monoisotopic (exact) mass is 243 g/mol. The molecule has 1 aliphatic rings. The van der Waals surface area contributed by atoms with E-state index in [0.29, 0.717) is 0 Å². The molecule has 1 fully saturated rings. The quantitative estimate of drug-likeness (QED) is 0.841. The van der Waals surface area contributed by atoms with Gasteiger partial charge >= 0.3 is 0 Å². The summed E-state index contributed by atoms with van der Waals surface area (Å²) in [4.78, 5) is 0. The highest BCUT2D eigenvalue weighted by molar-refractivity contribution is 5.25. The van der Waals surface area contributed by atoms with Crippen molar-refractivity contribution >= 4 is 0 Å². The first-order valence-electron chi connectivity index (χ1n) is 5.94. The Labute approximate surface area is 99.0 Å². The van der Waals surface area contributed by atoms with Gasteiger partial charge in [-0.25, -0.2) is 13.2 Å². The Kier molecular flexibility index (Phi) is 3.72. The molecule has 1 aromatic rings. The van der Waals surface area contributed by atoms with Gasteiger partial charge in [0.05, 0.1) is 0 Å². The van der Waals surface area contributed by atoms with Gasteiger partial charge in [-0.2, -0.15) is 0 Å². The molecular weight excluding hydrogens is 227 g/mol. The predicted octanol–water partition coefficient (Wildman–Crippen LogP) is 3.21. The number of hydrogen-bond donors (Lipinski definition) is 1. The first-order valence-corrected chi connectivity index (χ1v) is 5.94. The van der Waals surface area contributed by atoms with E-state index in [2.05, 4.69) is 5.32 Å². The molecule has 0 spiro atoms. The van der Waals surface area contributed by atoms with E-state index in [1.54, 1.807) is 0 Å². The van der Waals surface area contributed by atoms with Crippen LogP contribution in [-0.4, -0.2) is 13.1 Å². The van der Waals surface area contributed by atoms with Crippen molar-refractivity contribution in [2.45, 2.75) is 25.7 Å². The smallest absolute Gasteiger partial charge is 0.132 e. The third-order valence-electron chi connectivity index (χ3n) is 3.59. The summed E-state index contributed by atoms with van der Waals surface area (Å²) in [5, 5.41) is 3.21. The predicted molar refractivity (Wildman–Crippen MR) is 60.3 cm³/mol. The Morgan fingerprint density at radius 1 is 1.12 bits per heavy atom. The van der Waals surface area contributed by atoms with Crippen molar-refractivity contribution in [2.24, 2.45) is 5.92 Å². The molecule has 0 aromatic heterocycles. The Balaban J connectivity index is 2.26. The van der Waals surface area contributed by atoms with Crippen LogP contribution in [0, 0.1) is 23.4 Å². The van der Waals surface area contributed by atoms with Crippen LogP contribution >= 0.6 is 0 Å². The molecular formula is C13H16F3N. The van der Waals surface area contributed by atoms with Crippen LogP contribution in [0.15, 0.2) is 12.1 Å². The lowest BCUT2D eigenvalue weighted by Crippen LogP contribution is -2.30. The van der Waals surface area contributed by atoms with Gasteiger partial charge in [-0.3, -0.25) is 0 Å². The number of piperidine rings is 1. The Bertz CT molecular complexity index is 377. The van der Waals surface area contributed by atoms with Crippen molar-refractivity contribution in [3.63, 3.8) is 0 Å². The first kappa shape index (κ1) is 12.4. The molecule has 1 saturated heterocycles. The van der Waals surface area contributed by atoms with Crippen LogP contribution in [0.3, 0.4) is 0 Å². The summed E-state index contributed by atoms with van der Waals surface area (Å²) >= 11 is 0. The molecule has 0 amide bonds. The molecule has 1 heterocycles. The molecule has 1 N–H and O–H groups in total. The number of benzene rings is 1. The Morgan fingerprint density at radius 2 is 1.65 bits per heavy atom. The molecule has 1 unspecified atom stereocenters. The second-order valence-electron chi connectivity index (χ2n) is 4.66. The summed E-state index contributed by atoms with van der Waals surface area (Å²) in [7, 11) is 0. The van der Waals surface area contributed by atoms with Crippen molar-refractivity contribution in [1.82, 2.24) is 5.32 Å². The highest BCUT2D eigenvalue weighted by Gasteiger charge is 2.26. The first-order chi connectivity index (χ1) is 8.09. The van der Waals surface area contributed by atoms with Crippen molar-refractivity contribution < 1.29 is 13.2 Å². The van der Waals surface area contributed by atoms with E-state index in [1.165, 1.54) is 0 Å². The van der Waals surface area contributed by atoms with Crippen molar-refractivity contribution in [3.05, 3.63) is 35.1 Å². The summed E-state index contributed by atoms with van der Waals surface area (Å²) in [5.41, 5.74) is 0.0262. The minimum Gasteiger partial charge on any atom is -0.317 e. The molecule has 94 valence electrons. The highest BCUT2D eigenvalue weighted by atomic mass is 19.1. The lowest BCUT2D eigenvalue weighted by Gasteiger charge is -2.28. The Morgan fingerprint density at radius 3 is 2.18 bits per heavy atom. The van der Waals surface area contributed by atoms with E-state index in [0.717, 1.165) is 38.1 Å². The molecule has 0 saturated carbocycles. The van der Waals surface area contributed by atoms with Gasteiger partial charge in [0.15, 0.2) is 0 Å². The maximum Gasteiger partial charge on any atom is 0.132 e. The number of hydrogen-bond acceptors (Lipinski definition) is 1. The molecule has 0 bridgehead atoms. The molecule has 1 atom stereocenters. The fourth-order valence-corrected chi connectivity index (χ4v) is 2.57. The van der Waals surface area contributed by atoms with E-state index >= 15 is 0 Å². The SMILES string of the molecule is CC(c1c(F)cc(F)cc1F)C1CCNCC1. The van der Waals surface area contributed by atoms with Crippen LogP contribution in [0.5, 0.6) is 0 Å². The van der Waals surface area contributed by atoms with Crippen LogP contribution in [0.2, 0.25) is 0 Å². The fraction of sp³-hybridized carbons (Fsp3) is 0.538. The van der Waals surface area contributed by atoms with E-state index in [9.17, 15) is 13.2 Å². The van der Waals surface area contributed by atoms with E-state index < -0.39 is 17.5 Å². The number of nitrogens with one attached hydrogen (secondary N) is 1. The second kappa shape index (κ2) is 5.08. The van der Waals surface area contributed by atoms with Crippen LogP contribution in [0.4, 0.5) is 13.2 Å². The largest absolute Gasteiger partial charge is 0.317 e. The van der Waals surface area contributed by atoms with Gasteiger partial charge in [-0.05, 0) is 37.8 Å². The highest BCUT2D eigenvalue weighted by Crippen LogP contribution is 2.33. The van der Waals surface area contributed by atoms with Gasteiger partial charge in [0.1, 0.15) is 17.5 Å². The maximum atomic E-state index is 13.6. The maximum absolute atomic E-state index is 13.6. The normalized spacial score (nSPS) is 19.3. The fourth-order valence-electron chi connectivity index (χ4n) is 2.57. The summed E-state index contributed by atoms with van der Waals surface area (Å²) in [6.45, 7) is 3.56. The van der Waals surface area contributed by atoms with Gasteiger partial charge in [-0.15, -0.1) is 0 Å². The van der Waals surface area contributed by atoms with Crippen LogP contribution in [-0.2, 0) is 0 Å². The third kappa shape index (κ3) is 2.63. The lowest BCUT2D eigenvalue weighted by molar-refractivity contribution is 0.318. The standard InChI is InChI=1S/C13H16F3N/c1-8(9-2-4-17-5-3-9)13-11(15)6-10(14)7-12(13)16/h6-9,17H,2-5H2,1H3. The topological polar surface area (TPSA) is 12.0 Å². The minimum atomic E-state index is -0.860. The Hall–Kier alpha value is -1.03. The molecule has 0 aliphatic carbocycles. The molecule has 0 radical (unpaired) electrons. The summed E-state index contributed by atoms with van der Waals surface area (Å²) < 4.78 is 40.1. The van der Waals surface area contributed by atoms with Gasteiger partial charge in [-0.1, -0.05) is 6.92 Å². The summed E-state index contributed by atoms with van der Waals surface area (Å²) in [5.74, 6) is -2.35. The zero-order valence-corrected chi connectivity index (χ0v) is 9.77. The minimum absolute atomic E-state index is 0.0262. The van der Waals surface area contributed by atoms with E-state index in [1.807, 2.05) is 6.92 Å². The van der Waals surface area contributed by atoms with Crippen LogP contribution in [0.1, 0.15) is 31.2 Å². The van der Waals surface area contributed by atoms with Gasteiger partial charge in [0, 0.05) is 17.7 Å². The van der Waals surface area contributed by atoms with Crippen molar-refractivity contribution in [3.8, 4) is 0 Å². The van der Waals surface area contributed by atoms with E-state index in [4.69, 9.17) is 0 Å². The van der Waals surface area contributed by atoms with Gasteiger partial charge in [0.25, 0.3) is 0 Å².